The summed E-state index contributed by atoms with van der Waals surface area (Å²) in [6, 6.07) is 6.82. The van der Waals surface area contributed by atoms with E-state index in [1.165, 1.54) is 25.0 Å². The van der Waals surface area contributed by atoms with E-state index in [2.05, 4.69) is 15.2 Å². The number of fused-ring (bicyclic) bond motifs is 1. The molecule has 4 rings (SSSR count). The van der Waals surface area contributed by atoms with Crippen molar-refractivity contribution < 1.29 is 14.7 Å². The second-order valence-corrected chi connectivity index (χ2v) is 7.80. The molecule has 2 N–H and O–H groups in total. The molecule has 1 aliphatic carbocycles. The predicted octanol–water partition coefficient (Wildman–Crippen LogP) is 3.28. The summed E-state index contributed by atoms with van der Waals surface area (Å²) in [5, 5.41) is 12.2. The van der Waals surface area contributed by atoms with Crippen LogP contribution in [0.15, 0.2) is 30.5 Å². The quantitative estimate of drug-likeness (QED) is 0.820. The van der Waals surface area contributed by atoms with Crippen LogP contribution in [-0.4, -0.2) is 46.6 Å². The largest absolute Gasteiger partial charge is 0.478 e. The minimum Gasteiger partial charge on any atom is -0.478 e. The average Bonchev–Trinajstić information content (AvgIpc) is 3.23. The number of carbonyl (C=O) groups is 2. The smallest absolute Gasteiger partial charge is 0.335 e. The molecule has 8 heteroatoms. The number of hydrogen-bond donors (Lipinski definition) is 2. The topological polar surface area (TPSA) is 98.7 Å². The molecule has 0 spiro atoms. The third kappa shape index (κ3) is 3.74. The molecule has 1 aromatic carbocycles. The lowest BCUT2D eigenvalue weighted by Crippen LogP contribution is -2.38. The zero-order valence-electron chi connectivity index (χ0n) is 16.6. The molecule has 1 saturated carbocycles. The number of nitrogens with one attached hydrogen (secondary N) is 1. The third-order valence-electron chi connectivity index (χ3n) is 5.76. The van der Waals surface area contributed by atoms with E-state index in [1.807, 2.05) is 6.92 Å². The highest BCUT2D eigenvalue weighted by atomic mass is 16.4. The number of carboxylic acid groups (broad SMARTS) is 1. The molecule has 8 nitrogen and oxygen atoms in total. The van der Waals surface area contributed by atoms with Crippen molar-refractivity contribution in [2.24, 2.45) is 5.92 Å². The Balaban J connectivity index is 1.67. The lowest BCUT2D eigenvalue weighted by Gasteiger charge is -2.31. The maximum Gasteiger partial charge on any atom is 0.335 e. The number of aromatic carboxylic acids is 1. The number of nitrogens with zero attached hydrogens (tertiary/aromatic N) is 4. The Hall–Kier alpha value is -3.16. The van der Waals surface area contributed by atoms with Gasteiger partial charge >= 0.3 is 5.97 Å². The van der Waals surface area contributed by atoms with Gasteiger partial charge in [0, 0.05) is 25.3 Å². The van der Waals surface area contributed by atoms with Crippen LogP contribution >= 0.6 is 0 Å². The second-order valence-electron chi connectivity index (χ2n) is 7.80. The third-order valence-corrected chi connectivity index (χ3v) is 5.76. The van der Waals surface area contributed by atoms with Crippen molar-refractivity contribution >= 4 is 35.0 Å². The van der Waals surface area contributed by atoms with Crippen LogP contribution in [0.3, 0.4) is 0 Å². The molecule has 1 fully saturated rings. The molecule has 29 heavy (non-hydrogen) atoms. The number of rotatable bonds is 4. The Bertz CT molecular complexity index is 924. The van der Waals surface area contributed by atoms with E-state index in [0.29, 0.717) is 24.2 Å². The number of carbonyl (C=O) groups excluding carboxylic acids is 1. The van der Waals surface area contributed by atoms with Gasteiger partial charge in [0.1, 0.15) is 5.69 Å². The molecule has 1 atom stereocenters. The number of anilines is 4. The first-order valence-corrected chi connectivity index (χ1v) is 9.95. The number of amides is 1. The van der Waals surface area contributed by atoms with Gasteiger partial charge in [-0.15, -0.1) is 0 Å². The molecule has 1 aliphatic heterocycles. The first-order chi connectivity index (χ1) is 13.9. The van der Waals surface area contributed by atoms with E-state index in [0.717, 1.165) is 24.3 Å². The maximum atomic E-state index is 12.7. The minimum atomic E-state index is -0.966. The van der Waals surface area contributed by atoms with Gasteiger partial charge < -0.3 is 20.2 Å². The molecule has 1 amide bonds. The van der Waals surface area contributed by atoms with E-state index in [9.17, 15) is 9.59 Å². The summed E-state index contributed by atoms with van der Waals surface area (Å²) < 4.78 is 0. The van der Waals surface area contributed by atoms with Crippen LogP contribution in [-0.2, 0) is 4.79 Å². The molecule has 152 valence electrons. The fourth-order valence-corrected chi connectivity index (χ4v) is 4.15. The first kappa shape index (κ1) is 19.2. The van der Waals surface area contributed by atoms with Gasteiger partial charge in [-0.05, 0) is 37.1 Å². The van der Waals surface area contributed by atoms with Gasteiger partial charge in [-0.3, -0.25) is 4.79 Å². The van der Waals surface area contributed by atoms with E-state index in [4.69, 9.17) is 10.1 Å². The lowest BCUT2D eigenvalue weighted by atomic mass is 10.1. The normalized spacial score (nSPS) is 19.8. The average molecular weight is 395 g/mol. The van der Waals surface area contributed by atoms with Gasteiger partial charge in [-0.25, -0.2) is 9.78 Å². The maximum absolute atomic E-state index is 12.7. The number of aromatic nitrogens is 2. The van der Waals surface area contributed by atoms with Crippen molar-refractivity contribution in [1.29, 1.82) is 0 Å². The number of benzene rings is 1. The standard InChI is InChI=1S/C21H25N5O3/c1-13-12-26(16-5-3-4-6-16)18-17(25(2)19(13)27)11-22-21(24-18)23-15-9-7-14(8-10-15)20(28)29/h7-11,13,16H,3-6,12H2,1-2H3,(H,28,29)(H,22,23,24). The summed E-state index contributed by atoms with van der Waals surface area (Å²) in [7, 11) is 1.77. The van der Waals surface area contributed by atoms with Crippen LogP contribution in [0.5, 0.6) is 0 Å². The number of carboxylic acids is 1. The van der Waals surface area contributed by atoms with Crippen molar-refractivity contribution in [1.82, 2.24) is 9.97 Å². The second kappa shape index (κ2) is 7.69. The van der Waals surface area contributed by atoms with E-state index in [-0.39, 0.29) is 17.4 Å². The van der Waals surface area contributed by atoms with Crippen LogP contribution in [0.1, 0.15) is 43.0 Å². The van der Waals surface area contributed by atoms with Crippen LogP contribution in [0.25, 0.3) is 0 Å². The van der Waals surface area contributed by atoms with Crippen LogP contribution in [0.2, 0.25) is 0 Å². The van der Waals surface area contributed by atoms with Crippen molar-refractivity contribution in [3.63, 3.8) is 0 Å². The Morgan fingerprint density at radius 1 is 1.21 bits per heavy atom. The SMILES string of the molecule is CC1CN(C2CCCC2)c2nc(Nc3ccc(C(=O)O)cc3)ncc2N(C)C1=O. The molecule has 2 aromatic rings. The zero-order chi connectivity index (χ0) is 20.5. The molecule has 2 heterocycles. The van der Waals surface area contributed by atoms with Crippen molar-refractivity contribution in [2.75, 3.05) is 28.7 Å². The van der Waals surface area contributed by atoms with Crippen molar-refractivity contribution in [3.05, 3.63) is 36.0 Å². The van der Waals surface area contributed by atoms with Gasteiger partial charge in [0.05, 0.1) is 17.7 Å². The summed E-state index contributed by atoms with van der Waals surface area (Å²) >= 11 is 0. The summed E-state index contributed by atoms with van der Waals surface area (Å²) in [4.78, 5) is 36.8. The van der Waals surface area contributed by atoms with Crippen LogP contribution in [0.4, 0.5) is 23.1 Å². The van der Waals surface area contributed by atoms with Crippen LogP contribution < -0.4 is 15.1 Å². The highest BCUT2D eigenvalue weighted by Crippen LogP contribution is 2.37. The Morgan fingerprint density at radius 3 is 2.55 bits per heavy atom. The van der Waals surface area contributed by atoms with Crippen molar-refractivity contribution in [2.45, 2.75) is 38.6 Å². The Kier molecular flexibility index (Phi) is 5.08. The van der Waals surface area contributed by atoms with Gasteiger partial charge in [0.25, 0.3) is 0 Å². The monoisotopic (exact) mass is 395 g/mol. The van der Waals surface area contributed by atoms with Gasteiger partial charge in [0.2, 0.25) is 11.9 Å². The van der Waals surface area contributed by atoms with E-state index in [1.54, 1.807) is 30.3 Å². The summed E-state index contributed by atoms with van der Waals surface area (Å²) in [6.45, 7) is 2.61. The molecule has 2 aliphatic rings. The van der Waals surface area contributed by atoms with Crippen LogP contribution in [0, 0.1) is 5.92 Å². The van der Waals surface area contributed by atoms with E-state index < -0.39 is 5.97 Å². The van der Waals surface area contributed by atoms with Gasteiger partial charge in [0.15, 0.2) is 5.82 Å². The summed E-state index contributed by atoms with van der Waals surface area (Å²) in [5.74, 6) is 0.184. The number of hydrogen-bond acceptors (Lipinski definition) is 6. The molecular weight excluding hydrogens is 370 g/mol. The summed E-state index contributed by atoms with van der Waals surface area (Å²) in [6.07, 6.45) is 6.29. The van der Waals surface area contributed by atoms with E-state index >= 15 is 0 Å². The predicted molar refractivity (Wildman–Crippen MR) is 111 cm³/mol. The first-order valence-electron chi connectivity index (χ1n) is 9.95. The zero-order valence-corrected chi connectivity index (χ0v) is 16.6. The van der Waals surface area contributed by atoms with Crippen molar-refractivity contribution in [3.8, 4) is 0 Å². The van der Waals surface area contributed by atoms with Gasteiger partial charge in [-0.1, -0.05) is 19.8 Å². The fourth-order valence-electron chi connectivity index (χ4n) is 4.15. The molecule has 0 bridgehead atoms. The Morgan fingerprint density at radius 2 is 1.90 bits per heavy atom. The Labute approximate surface area is 169 Å². The molecule has 0 saturated heterocycles. The summed E-state index contributed by atoms with van der Waals surface area (Å²) in [5.41, 5.74) is 1.65. The molecule has 0 radical (unpaired) electrons. The molecular formula is C21H25N5O3. The molecule has 1 aromatic heterocycles. The molecule has 1 unspecified atom stereocenters. The fraction of sp³-hybridized carbons (Fsp3) is 0.429. The highest BCUT2D eigenvalue weighted by molar-refractivity contribution is 5.98. The van der Waals surface area contributed by atoms with Gasteiger partial charge in [-0.2, -0.15) is 4.98 Å². The minimum absolute atomic E-state index is 0.0697. The highest BCUT2D eigenvalue weighted by Gasteiger charge is 2.35. The lowest BCUT2D eigenvalue weighted by molar-refractivity contribution is -0.121.